The average molecular weight is 424 g/mol. The first-order chi connectivity index (χ1) is 15.1. The molecule has 1 aliphatic carbocycles. The molecule has 0 N–H and O–H groups in total. The van der Waals surface area contributed by atoms with Crippen molar-refractivity contribution in [1.29, 1.82) is 0 Å². The lowest BCUT2D eigenvalue weighted by Crippen LogP contribution is -2.12. The molecule has 1 aliphatic rings. The Bertz CT molecular complexity index is 1570. The third-order valence-corrected chi connectivity index (χ3v) is 6.40. The maximum Gasteiger partial charge on any atom is 0.346 e. The summed E-state index contributed by atoms with van der Waals surface area (Å²) in [6, 6.07) is 21.9. The summed E-state index contributed by atoms with van der Waals surface area (Å²) in [6.07, 6.45) is 1.73. The van der Waals surface area contributed by atoms with Gasteiger partial charge in [0.2, 0.25) is 0 Å². The molecule has 0 bridgehead atoms. The molecule has 0 aliphatic heterocycles. The molecule has 0 radical (unpaired) electrons. The van der Waals surface area contributed by atoms with Crippen molar-refractivity contribution >= 4 is 33.5 Å². The van der Waals surface area contributed by atoms with E-state index in [2.05, 4.69) is 18.2 Å². The third-order valence-electron chi connectivity index (χ3n) is 6.14. The lowest BCUT2D eigenvalue weighted by Gasteiger charge is -2.23. The summed E-state index contributed by atoms with van der Waals surface area (Å²) in [5, 5.41) is 2.06. The molecule has 5 aromatic rings. The smallest absolute Gasteiger partial charge is 0.346 e. The number of hydrogen-bond donors (Lipinski definition) is 0. The molecular formula is C27H18ClNO2. The van der Waals surface area contributed by atoms with Gasteiger partial charge in [-0.05, 0) is 60.7 Å². The Morgan fingerprint density at radius 1 is 0.968 bits per heavy atom. The number of aryl methyl sites for hydroxylation is 2. The Balaban J connectivity index is 1.85. The monoisotopic (exact) mass is 423 g/mol. The van der Waals surface area contributed by atoms with Crippen molar-refractivity contribution in [3.05, 3.63) is 98.9 Å². The second kappa shape index (κ2) is 6.79. The predicted molar refractivity (Wildman–Crippen MR) is 126 cm³/mol. The van der Waals surface area contributed by atoms with E-state index < -0.39 is 0 Å². The molecule has 0 fully saturated rings. The highest BCUT2D eigenvalue weighted by Gasteiger charge is 2.26. The van der Waals surface area contributed by atoms with E-state index in [1.165, 1.54) is 5.56 Å². The first-order valence-electron chi connectivity index (χ1n) is 10.3. The maximum atomic E-state index is 13.2. The van der Waals surface area contributed by atoms with Gasteiger partial charge in [-0.1, -0.05) is 59.6 Å². The van der Waals surface area contributed by atoms with E-state index in [1.54, 1.807) is 0 Å². The SMILES string of the molecule is Cc1ccc2oc(=O)c3c(-c4ccc(Cl)cc4)c4c(nc3c2c1)-c1ccccc1CC4. The van der Waals surface area contributed by atoms with Gasteiger partial charge in [0.25, 0.3) is 0 Å². The normalized spacial score (nSPS) is 12.7. The van der Waals surface area contributed by atoms with E-state index in [9.17, 15) is 4.79 Å². The zero-order valence-electron chi connectivity index (χ0n) is 16.9. The second-order valence-corrected chi connectivity index (χ2v) is 8.53. The number of benzene rings is 3. The van der Waals surface area contributed by atoms with Crippen LogP contribution in [-0.2, 0) is 12.8 Å². The van der Waals surface area contributed by atoms with Gasteiger partial charge in [-0.25, -0.2) is 9.78 Å². The van der Waals surface area contributed by atoms with Crippen LogP contribution in [0.4, 0.5) is 0 Å². The highest BCUT2D eigenvalue weighted by Crippen LogP contribution is 2.42. The average Bonchev–Trinajstić information content (AvgIpc) is 2.79. The number of hydrogen-bond acceptors (Lipinski definition) is 3. The molecule has 3 nitrogen and oxygen atoms in total. The molecule has 0 saturated heterocycles. The van der Waals surface area contributed by atoms with Crippen LogP contribution in [0.2, 0.25) is 5.02 Å². The summed E-state index contributed by atoms with van der Waals surface area (Å²) in [6.45, 7) is 2.03. The van der Waals surface area contributed by atoms with Gasteiger partial charge in [-0.3, -0.25) is 0 Å². The van der Waals surface area contributed by atoms with E-state index in [1.807, 2.05) is 55.5 Å². The van der Waals surface area contributed by atoms with E-state index in [-0.39, 0.29) is 5.63 Å². The number of nitrogens with zero attached hydrogens (tertiary/aromatic N) is 1. The van der Waals surface area contributed by atoms with Crippen LogP contribution < -0.4 is 5.63 Å². The Hall–Kier alpha value is -3.43. The molecule has 0 spiro atoms. The fourth-order valence-electron chi connectivity index (χ4n) is 4.72. The molecule has 4 heteroatoms. The third kappa shape index (κ3) is 2.81. The van der Waals surface area contributed by atoms with Gasteiger partial charge in [0, 0.05) is 21.5 Å². The summed E-state index contributed by atoms with van der Waals surface area (Å²) in [4.78, 5) is 18.3. The highest BCUT2D eigenvalue weighted by atomic mass is 35.5. The Morgan fingerprint density at radius 2 is 1.77 bits per heavy atom. The number of rotatable bonds is 1. The number of pyridine rings is 1. The van der Waals surface area contributed by atoms with Crippen LogP contribution in [-0.4, -0.2) is 4.98 Å². The fraction of sp³-hybridized carbons (Fsp3) is 0.111. The first kappa shape index (κ1) is 18.3. The minimum absolute atomic E-state index is 0.356. The van der Waals surface area contributed by atoms with E-state index in [4.69, 9.17) is 21.0 Å². The van der Waals surface area contributed by atoms with Gasteiger partial charge < -0.3 is 4.42 Å². The zero-order valence-corrected chi connectivity index (χ0v) is 17.7. The quantitative estimate of drug-likeness (QED) is 0.221. The highest BCUT2D eigenvalue weighted by molar-refractivity contribution is 6.30. The minimum Gasteiger partial charge on any atom is -0.422 e. The molecule has 0 atom stereocenters. The van der Waals surface area contributed by atoms with Gasteiger partial charge in [-0.2, -0.15) is 0 Å². The van der Waals surface area contributed by atoms with E-state index in [0.29, 0.717) is 21.5 Å². The summed E-state index contributed by atoms with van der Waals surface area (Å²) < 4.78 is 5.75. The van der Waals surface area contributed by atoms with Crippen LogP contribution in [0.25, 0.3) is 44.3 Å². The lowest BCUT2D eigenvalue weighted by atomic mass is 9.83. The van der Waals surface area contributed by atoms with Crippen LogP contribution in [0.3, 0.4) is 0 Å². The van der Waals surface area contributed by atoms with Crippen LogP contribution in [0.5, 0.6) is 0 Å². The predicted octanol–water partition coefficient (Wildman–Crippen LogP) is 6.74. The number of aromatic nitrogens is 1. The van der Waals surface area contributed by atoms with Crippen molar-refractivity contribution in [2.75, 3.05) is 0 Å². The molecule has 31 heavy (non-hydrogen) atoms. The molecule has 0 saturated carbocycles. The Kier molecular flexibility index (Phi) is 4.02. The topological polar surface area (TPSA) is 43.1 Å². The Labute approximate surface area is 183 Å². The van der Waals surface area contributed by atoms with Gasteiger partial charge in [0.1, 0.15) is 5.58 Å². The summed E-state index contributed by atoms with van der Waals surface area (Å²) in [5.74, 6) is 0. The molecule has 2 heterocycles. The van der Waals surface area contributed by atoms with Gasteiger partial charge in [-0.15, -0.1) is 0 Å². The molecular weight excluding hydrogens is 406 g/mol. The van der Waals surface area contributed by atoms with Crippen molar-refractivity contribution in [2.24, 2.45) is 0 Å². The van der Waals surface area contributed by atoms with E-state index in [0.717, 1.165) is 51.7 Å². The summed E-state index contributed by atoms with van der Waals surface area (Å²) in [5.41, 5.74) is 8.30. The van der Waals surface area contributed by atoms with Crippen molar-refractivity contribution in [3.63, 3.8) is 0 Å². The van der Waals surface area contributed by atoms with Crippen molar-refractivity contribution in [2.45, 2.75) is 19.8 Å². The van der Waals surface area contributed by atoms with Crippen LogP contribution in [0, 0.1) is 6.92 Å². The lowest BCUT2D eigenvalue weighted by molar-refractivity contribution is 0.569. The summed E-state index contributed by atoms with van der Waals surface area (Å²) in [7, 11) is 0. The zero-order chi connectivity index (χ0) is 21.1. The first-order valence-corrected chi connectivity index (χ1v) is 10.7. The van der Waals surface area contributed by atoms with Gasteiger partial charge >= 0.3 is 5.63 Å². The number of fused-ring (bicyclic) bond motifs is 6. The van der Waals surface area contributed by atoms with Gasteiger partial charge in [0.05, 0.1) is 16.6 Å². The van der Waals surface area contributed by atoms with Crippen LogP contribution in [0.1, 0.15) is 16.7 Å². The van der Waals surface area contributed by atoms with Crippen molar-refractivity contribution in [1.82, 2.24) is 4.98 Å². The molecule has 6 rings (SSSR count). The number of halogens is 1. The Morgan fingerprint density at radius 3 is 2.61 bits per heavy atom. The van der Waals surface area contributed by atoms with E-state index >= 15 is 0 Å². The van der Waals surface area contributed by atoms with Gasteiger partial charge in [0.15, 0.2) is 0 Å². The summed E-state index contributed by atoms with van der Waals surface area (Å²) >= 11 is 6.16. The molecule has 2 aromatic heterocycles. The van der Waals surface area contributed by atoms with Crippen molar-refractivity contribution in [3.8, 4) is 22.4 Å². The molecule has 3 aromatic carbocycles. The molecule has 150 valence electrons. The van der Waals surface area contributed by atoms with Crippen LogP contribution >= 0.6 is 11.6 Å². The van der Waals surface area contributed by atoms with Crippen LogP contribution in [0.15, 0.2) is 75.9 Å². The molecule has 0 amide bonds. The minimum atomic E-state index is -0.356. The fourth-order valence-corrected chi connectivity index (χ4v) is 4.84. The second-order valence-electron chi connectivity index (χ2n) is 8.09. The van der Waals surface area contributed by atoms with Crippen molar-refractivity contribution < 1.29 is 4.42 Å². The maximum absolute atomic E-state index is 13.2. The molecule has 0 unspecified atom stereocenters. The largest absolute Gasteiger partial charge is 0.422 e. The standard InChI is InChI=1S/C27H18ClNO2/c1-15-6-13-22-21(14-15)26-24(27(30)31-22)23(17-7-10-18(28)11-8-17)20-12-9-16-4-2-3-5-19(16)25(20)29-26/h2-8,10-11,13-14H,9,12H2,1H3.